The zero-order chi connectivity index (χ0) is 63.2. The maximum absolute atomic E-state index is 6.56. The molecule has 1 N–H and O–H groups in total. The van der Waals surface area contributed by atoms with Crippen molar-refractivity contribution in [1.82, 2.24) is 14.1 Å². The molecule has 1 aliphatic carbocycles. The molecule has 94 heavy (non-hydrogen) atoms. The predicted molar refractivity (Wildman–Crippen MR) is 400 cm³/mol. The fourth-order valence-corrected chi connectivity index (χ4v) is 15.0. The van der Waals surface area contributed by atoms with Crippen molar-refractivity contribution < 1.29 is 9.31 Å². The minimum absolute atomic E-state index is 0.409. The van der Waals surface area contributed by atoms with Crippen LogP contribution in [-0.2, 0) is 15.7 Å². The number of benzene rings is 14. The summed E-state index contributed by atoms with van der Waals surface area (Å²) in [5.74, 6) is 0. The van der Waals surface area contributed by atoms with E-state index in [0.29, 0.717) is 0 Å². The van der Waals surface area contributed by atoms with Crippen LogP contribution < -0.4 is 5.46 Å². The van der Waals surface area contributed by atoms with Crippen LogP contribution in [0.3, 0.4) is 0 Å². The van der Waals surface area contributed by atoms with Crippen molar-refractivity contribution in [1.29, 1.82) is 0 Å². The van der Waals surface area contributed by atoms with Gasteiger partial charge in [0.25, 0.3) is 0 Å². The third-order valence-corrected chi connectivity index (χ3v) is 20.4. The molecule has 0 amide bonds. The van der Waals surface area contributed by atoms with Crippen molar-refractivity contribution in [3.63, 3.8) is 0 Å². The van der Waals surface area contributed by atoms with Gasteiger partial charge in [0.2, 0.25) is 0 Å². The van der Waals surface area contributed by atoms with E-state index in [-0.39, 0.29) is 0 Å². The lowest BCUT2D eigenvalue weighted by Gasteiger charge is -2.32. The molecule has 0 saturated carbocycles. The van der Waals surface area contributed by atoms with Crippen molar-refractivity contribution in [2.24, 2.45) is 0 Å². The summed E-state index contributed by atoms with van der Waals surface area (Å²) in [4.78, 5) is 3.58. The number of nitrogens with zero attached hydrogens (tertiary/aromatic N) is 2. The van der Waals surface area contributed by atoms with Crippen LogP contribution in [-0.4, -0.2) is 32.4 Å². The van der Waals surface area contributed by atoms with Crippen LogP contribution in [0.15, 0.2) is 308 Å². The molecular weight excluding hydrogens is 1210 g/mol. The van der Waals surface area contributed by atoms with Gasteiger partial charge in [-0.25, -0.2) is 0 Å². The van der Waals surface area contributed by atoms with E-state index in [9.17, 15) is 0 Å². The molecule has 0 bridgehead atoms. The molecular formula is C87H65BBrN3O2. The van der Waals surface area contributed by atoms with Gasteiger partial charge in [0.1, 0.15) is 0 Å². The first-order chi connectivity index (χ1) is 46.0. The number of para-hydroxylation sites is 3. The Morgan fingerprint density at radius 2 is 0.777 bits per heavy atom. The number of hydrogen-bond acceptors (Lipinski definition) is 2. The third kappa shape index (κ3) is 9.76. The first-order valence-corrected chi connectivity index (χ1v) is 33.3. The van der Waals surface area contributed by atoms with E-state index in [1.165, 1.54) is 132 Å². The summed E-state index contributed by atoms with van der Waals surface area (Å²) < 4.78 is 19.1. The van der Waals surface area contributed by atoms with Gasteiger partial charge in [-0.15, -0.1) is 0 Å². The second-order valence-corrected chi connectivity index (χ2v) is 26.9. The van der Waals surface area contributed by atoms with Gasteiger partial charge in [-0.3, -0.25) is 0 Å². The normalized spacial score (nSPS) is 13.8. The van der Waals surface area contributed by atoms with Gasteiger partial charge >= 0.3 is 7.12 Å². The Morgan fingerprint density at radius 1 is 0.330 bits per heavy atom. The molecule has 5 nitrogen and oxygen atoms in total. The molecule has 14 aromatic carbocycles. The third-order valence-electron chi connectivity index (χ3n) is 19.9. The zero-order valence-corrected chi connectivity index (χ0v) is 54.3. The second-order valence-electron chi connectivity index (χ2n) is 26.0. The van der Waals surface area contributed by atoms with Gasteiger partial charge < -0.3 is 23.4 Å². The quantitative estimate of drug-likeness (QED) is 0.169. The van der Waals surface area contributed by atoms with Gasteiger partial charge in [-0.05, 0) is 196 Å². The van der Waals surface area contributed by atoms with Crippen LogP contribution in [0.5, 0.6) is 0 Å². The van der Waals surface area contributed by atoms with E-state index < -0.39 is 18.3 Å². The average molecular weight is 1280 g/mol. The van der Waals surface area contributed by atoms with Crippen LogP contribution in [0.4, 0.5) is 0 Å². The summed E-state index contributed by atoms with van der Waals surface area (Å²) in [5, 5.41) is 12.5. The van der Waals surface area contributed by atoms with Gasteiger partial charge in [0.05, 0.1) is 33.3 Å². The Hall–Kier alpha value is -10.5. The number of aromatic amines is 1. The summed E-state index contributed by atoms with van der Waals surface area (Å²) in [6.07, 6.45) is 1.08. The summed E-state index contributed by atoms with van der Waals surface area (Å²) in [6.45, 7) is 8.44. The Balaban J connectivity index is 0.000000119. The van der Waals surface area contributed by atoms with Crippen LogP contribution >= 0.6 is 15.9 Å². The van der Waals surface area contributed by atoms with E-state index in [1.807, 2.05) is 0 Å². The molecule has 0 atom stereocenters. The molecule has 19 rings (SSSR count). The molecule has 3 aromatic heterocycles. The van der Waals surface area contributed by atoms with Crippen LogP contribution in [0.25, 0.3) is 143 Å². The molecule has 2 aliphatic rings. The number of rotatable bonds is 6. The van der Waals surface area contributed by atoms with E-state index in [0.717, 1.165) is 38.8 Å². The molecule has 0 unspecified atom stereocenters. The highest BCUT2D eigenvalue weighted by molar-refractivity contribution is 9.10. The first-order valence-electron chi connectivity index (χ1n) is 32.5. The SMILES string of the molecule is Brc1ccc2c(c1)-c1ccccc1C2.CC1(C)OB(c2cc3c(c4ccccc24)c2ccccc2n3-c2ccc(-c3ccccc3)cc2)OC1(C)C.c1ccc(-c2ccc(-n3c4ccccc4c4c5ccccc5c(-c5ccc6[nH]c7ccccc7c6c5)cc43)cc2)cc1. The maximum atomic E-state index is 6.56. The van der Waals surface area contributed by atoms with Gasteiger partial charge in [0, 0.05) is 59.2 Å². The van der Waals surface area contributed by atoms with Crippen molar-refractivity contribution in [2.75, 3.05) is 0 Å². The predicted octanol–water partition coefficient (Wildman–Crippen LogP) is 22.8. The van der Waals surface area contributed by atoms with Crippen molar-refractivity contribution >= 4 is 115 Å². The topological polar surface area (TPSA) is 44.1 Å². The molecule has 450 valence electrons. The van der Waals surface area contributed by atoms with Crippen molar-refractivity contribution in [2.45, 2.75) is 45.3 Å². The van der Waals surface area contributed by atoms with Crippen molar-refractivity contribution in [3.05, 3.63) is 319 Å². The van der Waals surface area contributed by atoms with Crippen LogP contribution in [0.2, 0.25) is 0 Å². The molecule has 17 aromatic rings. The largest absolute Gasteiger partial charge is 0.495 e. The lowest BCUT2D eigenvalue weighted by molar-refractivity contribution is 0.00578. The molecule has 4 heterocycles. The number of halogens is 1. The van der Waals surface area contributed by atoms with Crippen LogP contribution in [0.1, 0.15) is 38.8 Å². The summed E-state index contributed by atoms with van der Waals surface area (Å²) in [6, 6.07) is 109. The van der Waals surface area contributed by atoms with Gasteiger partial charge in [0.15, 0.2) is 0 Å². The first kappa shape index (κ1) is 57.4. The molecule has 1 aliphatic heterocycles. The second kappa shape index (κ2) is 22.9. The number of fused-ring (bicyclic) bond motifs is 16. The van der Waals surface area contributed by atoms with Gasteiger partial charge in [-0.1, -0.05) is 240 Å². The molecule has 1 saturated heterocycles. The van der Waals surface area contributed by atoms with Crippen LogP contribution in [0, 0.1) is 0 Å². The highest BCUT2D eigenvalue weighted by atomic mass is 79.9. The molecule has 7 heteroatoms. The fraction of sp³-hybridized carbons (Fsp3) is 0.0805. The Kier molecular flexibility index (Phi) is 14.0. The number of nitrogens with one attached hydrogen (secondary N) is 1. The smallest absolute Gasteiger partial charge is 0.399 e. The molecule has 0 spiro atoms. The minimum Gasteiger partial charge on any atom is -0.399 e. The molecule has 1 fully saturated rings. The van der Waals surface area contributed by atoms with E-state index in [4.69, 9.17) is 9.31 Å². The van der Waals surface area contributed by atoms with Crippen molar-refractivity contribution in [3.8, 4) is 55.9 Å². The zero-order valence-electron chi connectivity index (χ0n) is 52.7. The number of aromatic nitrogens is 3. The summed E-state index contributed by atoms with van der Waals surface area (Å²) in [5.41, 5.74) is 22.7. The van der Waals surface area contributed by atoms with Gasteiger partial charge in [-0.2, -0.15) is 0 Å². The number of H-pyrrole nitrogens is 1. The van der Waals surface area contributed by atoms with E-state index >= 15 is 0 Å². The minimum atomic E-state index is -0.443. The lowest BCUT2D eigenvalue weighted by Crippen LogP contribution is -2.41. The Bertz CT molecular complexity index is 5770. The van der Waals surface area contributed by atoms with E-state index in [2.05, 4.69) is 361 Å². The Labute approximate surface area is 555 Å². The fourth-order valence-electron chi connectivity index (χ4n) is 14.6. The molecule has 0 radical (unpaired) electrons. The summed E-state index contributed by atoms with van der Waals surface area (Å²) >= 11 is 3.52. The highest BCUT2D eigenvalue weighted by Crippen LogP contribution is 2.45. The lowest BCUT2D eigenvalue weighted by atomic mass is 9.75. The average Bonchev–Trinajstić information content (AvgIpc) is 1.55. The summed E-state index contributed by atoms with van der Waals surface area (Å²) in [7, 11) is -0.443. The van der Waals surface area contributed by atoms with E-state index in [1.54, 1.807) is 0 Å². The monoisotopic (exact) mass is 1270 g/mol. The Morgan fingerprint density at radius 3 is 1.38 bits per heavy atom. The maximum Gasteiger partial charge on any atom is 0.495 e. The highest BCUT2D eigenvalue weighted by Gasteiger charge is 2.52. The standard InChI is InChI=1S/C40H26N2.C34H30BNO2.C13H9Br/c1-2-10-26(11-3-1)27-18-21-29(22-19-27)42-38-17-9-7-15-33(38)40-32-14-5-4-12-30(32)34(25-39(40)42)28-20-23-37-35(24-28)31-13-6-8-16-36(31)41-37;1-33(2)34(3,4)38-35(37-33)29-22-31-32(27-15-9-8-14-26(27)29)28-16-10-11-17-30(28)36(31)25-20-18-24(19-21-25)23-12-6-5-7-13-23;14-11-6-5-10-7-9-3-1-2-4-12(9)13(10)8-11/h1-25,41H;5-22H,1-4H3;1-6,8H,7H2. The number of hydrogen-bond donors (Lipinski definition) is 1.